The summed E-state index contributed by atoms with van der Waals surface area (Å²) in [5.74, 6) is -0.715. The number of nitro groups is 1. The summed E-state index contributed by atoms with van der Waals surface area (Å²) in [4.78, 5) is 50.7. The molecule has 0 aliphatic heterocycles. The molecular formula is C34H32N4O6S. The van der Waals surface area contributed by atoms with Crippen molar-refractivity contribution in [1.29, 1.82) is 0 Å². The Bertz CT molecular complexity index is 1740. The third-order valence-electron chi connectivity index (χ3n) is 6.50. The highest BCUT2D eigenvalue weighted by Gasteiger charge is 2.19. The van der Waals surface area contributed by atoms with Crippen molar-refractivity contribution in [3.05, 3.63) is 130 Å². The lowest BCUT2D eigenvalue weighted by Crippen LogP contribution is -2.30. The first-order valence-electron chi connectivity index (χ1n) is 14.1. The monoisotopic (exact) mass is 624 g/mol. The van der Waals surface area contributed by atoms with Gasteiger partial charge in [-0.1, -0.05) is 42.5 Å². The number of hydrogen-bond donors (Lipinski definition) is 3. The van der Waals surface area contributed by atoms with Crippen LogP contribution in [-0.4, -0.2) is 34.5 Å². The van der Waals surface area contributed by atoms with Crippen LogP contribution in [0.3, 0.4) is 0 Å². The summed E-state index contributed by atoms with van der Waals surface area (Å²) in [6.07, 6.45) is 1.56. The van der Waals surface area contributed by atoms with Crippen molar-refractivity contribution < 1.29 is 24.0 Å². The number of benzene rings is 4. The Hall–Kier alpha value is -5.42. The van der Waals surface area contributed by atoms with E-state index in [0.717, 1.165) is 4.90 Å². The summed E-state index contributed by atoms with van der Waals surface area (Å²) in [5, 5.41) is 18.9. The third-order valence-corrected chi connectivity index (χ3v) is 7.59. The smallest absolute Gasteiger partial charge is 0.272 e. The van der Waals surface area contributed by atoms with E-state index in [4.69, 9.17) is 4.74 Å². The second-order valence-corrected chi connectivity index (χ2v) is 11.3. The standard InChI is InChI=1S/C34H32N4O6S/c1-4-44-31-16-9-8-13-25(31)20-30(37-33(40)24-11-6-5-7-12-24)34(41)35-26-14-10-15-28(21-26)45-23(3)32(39)36-29-18-17-27(38(42)43)19-22(29)2/h5-21,23H,4H2,1-3H3,(H,35,41)(H,36,39)(H,37,40)/b30-20+. The number of rotatable bonds is 12. The van der Waals surface area contributed by atoms with Crippen molar-refractivity contribution in [1.82, 2.24) is 5.32 Å². The van der Waals surface area contributed by atoms with E-state index in [2.05, 4.69) is 16.0 Å². The Balaban J connectivity index is 1.50. The van der Waals surface area contributed by atoms with Crippen molar-refractivity contribution in [2.24, 2.45) is 0 Å². The molecule has 1 unspecified atom stereocenters. The van der Waals surface area contributed by atoms with Crippen LogP contribution >= 0.6 is 11.8 Å². The Morgan fingerprint density at radius 3 is 2.38 bits per heavy atom. The van der Waals surface area contributed by atoms with Gasteiger partial charge in [0.25, 0.3) is 17.5 Å². The molecule has 1 atom stereocenters. The lowest BCUT2D eigenvalue weighted by molar-refractivity contribution is -0.384. The number of carbonyl (C=O) groups excluding carboxylic acids is 3. The predicted octanol–water partition coefficient (Wildman–Crippen LogP) is 6.83. The molecule has 0 aliphatic carbocycles. The molecule has 4 aromatic rings. The van der Waals surface area contributed by atoms with Crippen LogP contribution in [0.1, 0.15) is 35.3 Å². The first kappa shape index (κ1) is 32.5. The molecule has 0 heterocycles. The first-order chi connectivity index (χ1) is 21.6. The minimum Gasteiger partial charge on any atom is -0.493 e. The van der Waals surface area contributed by atoms with Gasteiger partial charge in [-0.15, -0.1) is 11.8 Å². The number of thioether (sulfide) groups is 1. The minimum atomic E-state index is -0.549. The van der Waals surface area contributed by atoms with Gasteiger partial charge in [0.15, 0.2) is 0 Å². The topological polar surface area (TPSA) is 140 Å². The van der Waals surface area contributed by atoms with E-state index in [1.807, 2.05) is 25.1 Å². The van der Waals surface area contributed by atoms with Crippen LogP contribution < -0.4 is 20.7 Å². The fourth-order valence-corrected chi connectivity index (χ4v) is 5.15. The van der Waals surface area contributed by atoms with Gasteiger partial charge in [0.05, 0.1) is 16.8 Å². The average molecular weight is 625 g/mol. The van der Waals surface area contributed by atoms with Crippen LogP contribution in [0.15, 0.2) is 108 Å². The van der Waals surface area contributed by atoms with Crippen molar-refractivity contribution in [3.63, 3.8) is 0 Å². The van der Waals surface area contributed by atoms with Crippen LogP contribution in [0, 0.1) is 17.0 Å². The number of para-hydroxylation sites is 1. The second kappa shape index (κ2) is 15.3. The van der Waals surface area contributed by atoms with Crippen molar-refractivity contribution in [2.45, 2.75) is 30.9 Å². The second-order valence-electron chi connectivity index (χ2n) is 9.84. The third kappa shape index (κ3) is 9.04. The molecule has 45 heavy (non-hydrogen) atoms. The zero-order chi connectivity index (χ0) is 32.3. The molecule has 3 N–H and O–H groups in total. The maximum atomic E-state index is 13.5. The molecule has 0 aromatic heterocycles. The van der Waals surface area contributed by atoms with Crippen LogP contribution in [0.4, 0.5) is 17.1 Å². The highest BCUT2D eigenvalue weighted by molar-refractivity contribution is 8.00. The molecule has 0 spiro atoms. The van der Waals surface area contributed by atoms with Crippen molar-refractivity contribution >= 4 is 52.6 Å². The van der Waals surface area contributed by atoms with Crippen molar-refractivity contribution in [2.75, 3.05) is 17.2 Å². The van der Waals surface area contributed by atoms with Crippen LogP contribution in [0.2, 0.25) is 0 Å². The predicted molar refractivity (Wildman–Crippen MR) is 176 cm³/mol. The normalized spacial score (nSPS) is 11.7. The van der Waals surface area contributed by atoms with E-state index in [1.165, 1.54) is 30.0 Å². The summed E-state index contributed by atoms with van der Waals surface area (Å²) in [6, 6.07) is 27.0. The fraction of sp³-hybridized carbons (Fsp3) is 0.147. The number of carbonyl (C=O) groups is 3. The number of nitro benzene ring substituents is 1. The molecule has 0 radical (unpaired) electrons. The zero-order valence-electron chi connectivity index (χ0n) is 24.9. The maximum absolute atomic E-state index is 13.5. The number of nitrogens with zero attached hydrogens (tertiary/aromatic N) is 1. The Kier molecular flexibility index (Phi) is 11.1. The molecule has 4 aromatic carbocycles. The largest absolute Gasteiger partial charge is 0.493 e. The van der Waals surface area contributed by atoms with E-state index in [-0.39, 0.29) is 17.3 Å². The maximum Gasteiger partial charge on any atom is 0.272 e. The molecule has 0 saturated carbocycles. The first-order valence-corrected chi connectivity index (χ1v) is 15.0. The van der Waals surface area contributed by atoms with Crippen molar-refractivity contribution in [3.8, 4) is 5.75 Å². The van der Waals surface area contributed by atoms with E-state index in [1.54, 1.807) is 80.6 Å². The molecule has 0 bridgehead atoms. The highest BCUT2D eigenvalue weighted by Crippen LogP contribution is 2.28. The molecule has 11 heteroatoms. The quantitative estimate of drug-likeness (QED) is 0.0679. The van der Waals surface area contributed by atoms with Gasteiger partial charge in [-0.3, -0.25) is 24.5 Å². The number of nitrogens with one attached hydrogen (secondary N) is 3. The molecule has 0 saturated heterocycles. The molecule has 3 amide bonds. The number of non-ortho nitro benzene ring substituents is 1. The molecule has 0 aliphatic rings. The number of anilines is 2. The van der Waals surface area contributed by atoms with Gasteiger partial charge < -0.3 is 20.7 Å². The van der Waals surface area contributed by atoms with Gasteiger partial charge in [0.1, 0.15) is 11.4 Å². The minimum absolute atomic E-state index is 0.0141. The average Bonchev–Trinajstić information content (AvgIpc) is 3.03. The van der Waals surface area contributed by atoms with Crippen LogP contribution in [-0.2, 0) is 9.59 Å². The molecular weight excluding hydrogens is 592 g/mol. The molecule has 10 nitrogen and oxygen atoms in total. The Morgan fingerprint density at radius 1 is 0.933 bits per heavy atom. The number of amides is 3. The van der Waals surface area contributed by atoms with E-state index < -0.39 is 22.0 Å². The number of ether oxygens (including phenoxy) is 1. The summed E-state index contributed by atoms with van der Waals surface area (Å²) < 4.78 is 5.70. The van der Waals surface area contributed by atoms with Gasteiger partial charge in [0.2, 0.25) is 5.91 Å². The Labute approximate surface area is 265 Å². The lowest BCUT2D eigenvalue weighted by Gasteiger charge is -2.15. The van der Waals surface area contributed by atoms with Gasteiger partial charge in [-0.05, 0) is 74.9 Å². The Morgan fingerprint density at radius 2 is 1.67 bits per heavy atom. The highest BCUT2D eigenvalue weighted by atomic mass is 32.2. The van der Waals surface area contributed by atoms with E-state index >= 15 is 0 Å². The summed E-state index contributed by atoms with van der Waals surface area (Å²) in [7, 11) is 0. The molecule has 4 rings (SSSR count). The molecule has 230 valence electrons. The number of hydrogen-bond acceptors (Lipinski definition) is 7. The van der Waals surface area contributed by atoms with E-state index in [9.17, 15) is 24.5 Å². The van der Waals surface area contributed by atoms with E-state index in [0.29, 0.717) is 40.4 Å². The van der Waals surface area contributed by atoms with Gasteiger partial charge in [-0.2, -0.15) is 0 Å². The van der Waals surface area contributed by atoms with Gasteiger partial charge in [-0.25, -0.2) is 0 Å². The summed E-state index contributed by atoms with van der Waals surface area (Å²) in [5.41, 5.74) is 2.49. The van der Waals surface area contributed by atoms with Crippen LogP contribution in [0.25, 0.3) is 6.08 Å². The van der Waals surface area contributed by atoms with Crippen LogP contribution in [0.5, 0.6) is 5.75 Å². The fourth-order valence-electron chi connectivity index (χ4n) is 4.22. The lowest BCUT2D eigenvalue weighted by atomic mass is 10.1. The summed E-state index contributed by atoms with van der Waals surface area (Å²) >= 11 is 1.28. The SMILES string of the molecule is CCOc1ccccc1/C=C(/NC(=O)c1ccccc1)C(=O)Nc1cccc(SC(C)C(=O)Nc2ccc([N+](=O)[O-])cc2C)c1. The molecule has 0 fully saturated rings. The summed E-state index contributed by atoms with van der Waals surface area (Å²) in [6.45, 7) is 5.71. The zero-order valence-corrected chi connectivity index (χ0v) is 25.7. The van der Waals surface area contributed by atoms with Gasteiger partial charge in [0, 0.05) is 39.5 Å². The van der Waals surface area contributed by atoms with Gasteiger partial charge >= 0.3 is 0 Å². The number of aryl methyl sites for hydroxylation is 1.